The van der Waals surface area contributed by atoms with Gasteiger partial charge in [0, 0.05) is 0 Å². The summed E-state index contributed by atoms with van der Waals surface area (Å²) in [4.78, 5) is 0. The van der Waals surface area contributed by atoms with Gasteiger partial charge in [0.05, 0.1) is 0 Å². The van der Waals surface area contributed by atoms with E-state index in [2.05, 4.69) is 19.1 Å². The van der Waals surface area contributed by atoms with Gasteiger partial charge in [-0.2, -0.15) is 0 Å². The molecular formula is C10H21N. The first kappa shape index (κ1) is 10.7. The molecule has 1 nitrogen and oxygen atoms in total. The molecule has 11 heavy (non-hydrogen) atoms. The smallest absolute Gasteiger partial charge is 0.00743 e. The quantitative estimate of drug-likeness (QED) is 0.444. The van der Waals surface area contributed by atoms with Gasteiger partial charge >= 0.3 is 0 Å². The van der Waals surface area contributed by atoms with Crippen LogP contribution in [-0.2, 0) is 0 Å². The van der Waals surface area contributed by atoms with Gasteiger partial charge in [-0.3, -0.25) is 0 Å². The summed E-state index contributed by atoms with van der Waals surface area (Å²) >= 11 is 0. The van der Waals surface area contributed by atoms with Crippen molar-refractivity contribution in [3.05, 3.63) is 12.2 Å². The standard InChI is InChI=1S/C10H21N/c1-2-3-4-5-6-7-8-9-10-11/h6-7H,2-5,8-11H2,1H3/b7-6+. The van der Waals surface area contributed by atoms with Crippen molar-refractivity contribution in [3.8, 4) is 0 Å². The van der Waals surface area contributed by atoms with Gasteiger partial charge in [-0.05, 0) is 32.2 Å². The minimum absolute atomic E-state index is 0.819. The summed E-state index contributed by atoms with van der Waals surface area (Å²) in [5, 5.41) is 0. The number of hydrogen-bond acceptors (Lipinski definition) is 1. The SMILES string of the molecule is CCCCC/C=C/CCCN. The second-order valence-corrected chi connectivity index (χ2v) is 2.90. The maximum absolute atomic E-state index is 5.36. The van der Waals surface area contributed by atoms with E-state index in [1.165, 1.54) is 25.7 Å². The molecule has 0 unspecified atom stereocenters. The second-order valence-electron chi connectivity index (χ2n) is 2.90. The van der Waals surface area contributed by atoms with Gasteiger partial charge in [0.2, 0.25) is 0 Å². The first-order valence-corrected chi connectivity index (χ1v) is 4.77. The van der Waals surface area contributed by atoms with Crippen LogP contribution in [0.3, 0.4) is 0 Å². The van der Waals surface area contributed by atoms with E-state index in [9.17, 15) is 0 Å². The first-order chi connectivity index (χ1) is 5.41. The van der Waals surface area contributed by atoms with E-state index in [1.807, 2.05) is 0 Å². The molecule has 0 fully saturated rings. The Kier molecular flexibility index (Phi) is 9.44. The zero-order valence-electron chi connectivity index (χ0n) is 7.68. The molecule has 0 radical (unpaired) electrons. The van der Waals surface area contributed by atoms with E-state index in [4.69, 9.17) is 5.73 Å². The van der Waals surface area contributed by atoms with Crippen molar-refractivity contribution < 1.29 is 0 Å². The Bertz CT molecular complexity index is 86.9. The molecule has 0 rings (SSSR count). The van der Waals surface area contributed by atoms with Crippen LogP contribution in [-0.4, -0.2) is 6.54 Å². The first-order valence-electron chi connectivity index (χ1n) is 4.77. The number of nitrogens with two attached hydrogens (primary N) is 1. The lowest BCUT2D eigenvalue weighted by Crippen LogP contribution is -1.96. The van der Waals surface area contributed by atoms with Crippen LogP contribution in [0.1, 0.15) is 45.4 Å². The molecular weight excluding hydrogens is 134 g/mol. The molecule has 0 aliphatic heterocycles. The van der Waals surface area contributed by atoms with E-state index < -0.39 is 0 Å². The Balaban J connectivity index is 2.91. The summed E-state index contributed by atoms with van der Waals surface area (Å²) in [6.45, 7) is 3.05. The van der Waals surface area contributed by atoms with Crippen molar-refractivity contribution in [2.45, 2.75) is 45.4 Å². The van der Waals surface area contributed by atoms with Gasteiger partial charge in [0.15, 0.2) is 0 Å². The molecule has 0 bridgehead atoms. The van der Waals surface area contributed by atoms with Crippen LogP contribution in [0, 0.1) is 0 Å². The third-order valence-electron chi connectivity index (χ3n) is 1.72. The zero-order chi connectivity index (χ0) is 8.36. The normalized spacial score (nSPS) is 11.1. The van der Waals surface area contributed by atoms with Crippen LogP contribution in [0.4, 0.5) is 0 Å². The zero-order valence-corrected chi connectivity index (χ0v) is 7.68. The molecule has 0 aromatic rings. The fourth-order valence-electron chi connectivity index (χ4n) is 0.984. The third-order valence-corrected chi connectivity index (χ3v) is 1.72. The summed E-state index contributed by atoms with van der Waals surface area (Å²) < 4.78 is 0. The van der Waals surface area contributed by atoms with Crippen LogP contribution in [0.2, 0.25) is 0 Å². The number of hydrogen-bond donors (Lipinski definition) is 1. The highest BCUT2D eigenvalue weighted by Gasteiger charge is 1.81. The minimum Gasteiger partial charge on any atom is -0.330 e. The fraction of sp³-hybridized carbons (Fsp3) is 0.800. The average molecular weight is 155 g/mol. The Hall–Kier alpha value is -0.300. The predicted octanol–water partition coefficient (Wildman–Crippen LogP) is 2.86. The molecule has 0 amide bonds. The van der Waals surface area contributed by atoms with Crippen molar-refractivity contribution in [3.63, 3.8) is 0 Å². The third kappa shape index (κ3) is 9.70. The maximum atomic E-state index is 5.36. The van der Waals surface area contributed by atoms with E-state index in [1.54, 1.807) is 0 Å². The lowest BCUT2D eigenvalue weighted by molar-refractivity contribution is 0.727. The number of unbranched alkanes of at least 4 members (excludes halogenated alkanes) is 4. The largest absolute Gasteiger partial charge is 0.330 e. The maximum Gasteiger partial charge on any atom is -0.00743 e. The Morgan fingerprint density at radius 2 is 1.64 bits per heavy atom. The highest BCUT2D eigenvalue weighted by molar-refractivity contribution is 4.81. The highest BCUT2D eigenvalue weighted by atomic mass is 14.5. The Labute approximate surface area is 70.7 Å². The molecule has 0 atom stereocenters. The van der Waals surface area contributed by atoms with Gasteiger partial charge in [-0.1, -0.05) is 31.9 Å². The average Bonchev–Trinajstić information content (AvgIpc) is 2.03. The van der Waals surface area contributed by atoms with E-state index in [0.717, 1.165) is 19.4 Å². The topological polar surface area (TPSA) is 26.0 Å². The van der Waals surface area contributed by atoms with E-state index in [-0.39, 0.29) is 0 Å². The van der Waals surface area contributed by atoms with E-state index in [0.29, 0.717) is 0 Å². The number of rotatable bonds is 7. The van der Waals surface area contributed by atoms with Crippen molar-refractivity contribution in [2.75, 3.05) is 6.54 Å². The van der Waals surface area contributed by atoms with Gasteiger partial charge in [0.1, 0.15) is 0 Å². The molecule has 0 aliphatic rings. The van der Waals surface area contributed by atoms with Gasteiger partial charge in [-0.25, -0.2) is 0 Å². The van der Waals surface area contributed by atoms with Gasteiger partial charge in [-0.15, -0.1) is 0 Å². The van der Waals surface area contributed by atoms with E-state index >= 15 is 0 Å². The van der Waals surface area contributed by atoms with Crippen molar-refractivity contribution >= 4 is 0 Å². The molecule has 0 aromatic carbocycles. The lowest BCUT2D eigenvalue weighted by Gasteiger charge is -1.91. The molecule has 0 aromatic heterocycles. The van der Waals surface area contributed by atoms with Crippen molar-refractivity contribution in [1.82, 2.24) is 0 Å². The van der Waals surface area contributed by atoms with Crippen molar-refractivity contribution in [1.29, 1.82) is 0 Å². The van der Waals surface area contributed by atoms with Crippen LogP contribution in [0.25, 0.3) is 0 Å². The minimum atomic E-state index is 0.819. The molecule has 0 heterocycles. The lowest BCUT2D eigenvalue weighted by atomic mass is 10.2. The van der Waals surface area contributed by atoms with Gasteiger partial charge in [0.25, 0.3) is 0 Å². The predicted molar refractivity (Wildman–Crippen MR) is 51.6 cm³/mol. The van der Waals surface area contributed by atoms with Crippen molar-refractivity contribution in [2.24, 2.45) is 5.73 Å². The fourth-order valence-corrected chi connectivity index (χ4v) is 0.984. The highest BCUT2D eigenvalue weighted by Crippen LogP contribution is 2.00. The van der Waals surface area contributed by atoms with Crippen LogP contribution < -0.4 is 5.73 Å². The van der Waals surface area contributed by atoms with Crippen LogP contribution >= 0.6 is 0 Å². The second kappa shape index (κ2) is 9.70. The summed E-state index contributed by atoms with van der Waals surface area (Å²) in [5.41, 5.74) is 5.36. The molecule has 0 saturated carbocycles. The number of allylic oxidation sites excluding steroid dienone is 2. The summed E-state index contributed by atoms with van der Waals surface area (Å²) in [7, 11) is 0. The Morgan fingerprint density at radius 1 is 1.00 bits per heavy atom. The monoisotopic (exact) mass is 155 g/mol. The summed E-state index contributed by atoms with van der Waals surface area (Å²) in [6, 6.07) is 0. The molecule has 2 N–H and O–H groups in total. The summed E-state index contributed by atoms with van der Waals surface area (Å²) in [5.74, 6) is 0. The molecule has 1 heteroatoms. The molecule has 66 valence electrons. The van der Waals surface area contributed by atoms with Crippen LogP contribution in [0.5, 0.6) is 0 Å². The Morgan fingerprint density at radius 3 is 2.18 bits per heavy atom. The van der Waals surface area contributed by atoms with Crippen LogP contribution in [0.15, 0.2) is 12.2 Å². The molecule has 0 spiro atoms. The van der Waals surface area contributed by atoms with Gasteiger partial charge < -0.3 is 5.73 Å². The molecule has 0 saturated heterocycles. The molecule has 0 aliphatic carbocycles. The summed E-state index contributed by atoms with van der Waals surface area (Å²) in [6.07, 6.45) is 12.1.